The Hall–Kier alpha value is -0.640. The van der Waals surface area contributed by atoms with E-state index in [4.69, 9.17) is 0 Å². The summed E-state index contributed by atoms with van der Waals surface area (Å²) in [4.78, 5) is 12.0. The minimum atomic E-state index is -4.48. The van der Waals surface area contributed by atoms with E-state index >= 15 is 0 Å². The number of hydrogen-bond acceptors (Lipinski definition) is 2. The SMILES string of the molecule is CS(=O)C(C)(C)C(=O)NCc1c(I)cccc1C(F)(F)F. The molecule has 0 fully saturated rings. The second-order valence-electron chi connectivity index (χ2n) is 4.91. The highest BCUT2D eigenvalue weighted by atomic mass is 127. The van der Waals surface area contributed by atoms with E-state index in [0.29, 0.717) is 3.57 Å². The van der Waals surface area contributed by atoms with Crippen LogP contribution in [0.15, 0.2) is 18.2 Å². The maximum Gasteiger partial charge on any atom is 0.416 e. The summed E-state index contributed by atoms with van der Waals surface area (Å²) in [5.41, 5.74) is -0.762. The van der Waals surface area contributed by atoms with Gasteiger partial charge in [0.1, 0.15) is 4.75 Å². The van der Waals surface area contributed by atoms with Gasteiger partial charge in [-0.1, -0.05) is 6.07 Å². The van der Waals surface area contributed by atoms with E-state index in [1.807, 2.05) is 0 Å². The van der Waals surface area contributed by atoms with E-state index in [0.717, 1.165) is 6.07 Å². The van der Waals surface area contributed by atoms with Crippen LogP contribution in [0.5, 0.6) is 0 Å². The lowest BCUT2D eigenvalue weighted by Gasteiger charge is -2.22. The number of halogens is 4. The molecule has 1 amide bonds. The maximum atomic E-state index is 13.0. The van der Waals surface area contributed by atoms with Crippen LogP contribution < -0.4 is 5.32 Å². The molecular weight excluding hydrogens is 418 g/mol. The second kappa shape index (κ2) is 6.64. The van der Waals surface area contributed by atoms with Gasteiger partial charge in [0.15, 0.2) is 0 Å². The maximum absolute atomic E-state index is 13.0. The van der Waals surface area contributed by atoms with Crippen LogP contribution in [0.2, 0.25) is 0 Å². The number of benzene rings is 1. The van der Waals surface area contributed by atoms with Crippen molar-refractivity contribution in [2.75, 3.05) is 6.26 Å². The molecule has 0 saturated carbocycles. The molecule has 3 nitrogen and oxygen atoms in total. The number of nitrogens with one attached hydrogen (secondary N) is 1. The molecule has 8 heteroatoms. The molecule has 1 N–H and O–H groups in total. The Balaban J connectivity index is 3.00. The zero-order chi connectivity index (χ0) is 16.4. The first-order valence-corrected chi connectivity index (χ1v) is 8.58. The van der Waals surface area contributed by atoms with Gasteiger partial charge < -0.3 is 5.32 Å². The summed E-state index contributed by atoms with van der Waals surface area (Å²) in [5, 5.41) is 2.44. The monoisotopic (exact) mass is 433 g/mol. The minimum Gasteiger partial charge on any atom is -0.351 e. The summed E-state index contributed by atoms with van der Waals surface area (Å²) in [6.07, 6.45) is -3.10. The van der Waals surface area contributed by atoms with E-state index in [-0.39, 0.29) is 12.1 Å². The van der Waals surface area contributed by atoms with Gasteiger partial charge in [0.05, 0.1) is 5.56 Å². The molecule has 0 saturated heterocycles. The zero-order valence-electron chi connectivity index (χ0n) is 11.7. The van der Waals surface area contributed by atoms with Gasteiger partial charge in [-0.3, -0.25) is 9.00 Å². The minimum absolute atomic E-state index is 0.0108. The van der Waals surface area contributed by atoms with E-state index in [1.165, 1.54) is 26.2 Å². The van der Waals surface area contributed by atoms with E-state index in [9.17, 15) is 22.2 Å². The predicted octanol–water partition coefficient (Wildman–Crippen LogP) is 3.08. The fourth-order valence-electron chi connectivity index (χ4n) is 1.52. The van der Waals surface area contributed by atoms with Crippen molar-refractivity contribution in [1.82, 2.24) is 5.32 Å². The quantitative estimate of drug-likeness (QED) is 0.743. The highest BCUT2D eigenvalue weighted by molar-refractivity contribution is 14.1. The van der Waals surface area contributed by atoms with Crippen molar-refractivity contribution in [3.8, 4) is 0 Å². The van der Waals surface area contributed by atoms with Crippen molar-refractivity contribution in [3.63, 3.8) is 0 Å². The Kier molecular flexibility index (Phi) is 5.82. The molecule has 0 aliphatic heterocycles. The normalized spacial score (nSPS) is 13.9. The third kappa shape index (κ3) is 4.41. The molecule has 118 valence electrons. The third-order valence-corrected chi connectivity index (χ3v) is 5.75. The first kappa shape index (κ1) is 18.4. The molecule has 1 unspecified atom stereocenters. The largest absolute Gasteiger partial charge is 0.416 e. The van der Waals surface area contributed by atoms with Crippen molar-refractivity contribution < 1.29 is 22.2 Å². The van der Waals surface area contributed by atoms with Crippen LogP contribution in [0.3, 0.4) is 0 Å². The summed E-state index contributed by atoms with van der Waals surface area (Å²) >= 11 is 1.80. The van der Waals surface area contributed by atoms with Crippen LogP contribution in [-0.4, -0.2) is 21.1 Å². The molecule has 0 heterocycles. The molecule has 0 aromatic heterocycles. The second-order valence-corrected chi connectivity index (χ2v) is 8.00. The Morgan fingerprint density at radius 1 is 1.33 bits per heavy atom. The number of carbonyl (C=O) groups excluding carboxylic acids is 1. The summed E-state index contributed by atoms with van der Waals surface area (Å²) in [5.74, 6) is -0.545. The fraction of sp³-hybridized carbons (Fsp3) is 0.462. The van der Waals surface area contributed by atoms with Gasteiger partial charge in [-0.15, -0.1) is 0 Å². The first-order valence-electron chi connectivity index (χ1n) is 5.94. The lowest BCUT2D eigenvalue weighted by molar-refractivity contribution is -0.138. The van der Waals surface area contributed by atoms with Crippen LogP contribution in [0.4, 0.5) is 13.2 Å². The van der Waals surface area contributed by atoms with E-state index < -0.39 is 33.2 Å². The van der Waals surface area contributed by atoms with Crippen molar-refractivity contribution in [2.45, 2.75) is 31.3 Å². The Morgan fingerprint density at radius 3 is 2.38 bits per heavy atom. The topological polar surface area (TPSA) is 46.2 Å². The van der Waals surface area contributed by atoms with Crippen molar-refractivity contribution in [1.29, 1.82) is 0 Å². The average Bonchev–Trinajstić information content (AvgIpc) is 2.35. The number of amides is 1. The highest BCUT2D eigenvalue weighted by Gasteiger charge is 2.35. The van der Waals surface area contributed by atoms with Gasteiger partial charge in [0.25, 0.3) is 0 Å². The molecule has 0 spiro atoms. The molecule has 0 radical (unpaired) electrons. The number of carbonyl (C=O) groups is 1. The van der Waals surface area contributed by atoms with E-state index in [2.05, 4.69) is 5.32 Å². The van der Waals surface area contributed by atoms with Gasteiger partial charge in [-0.25, -0.2) is 0 Å². The summed E-state index contributed by atoms with van der Waals surface area (Å²) in [6, 6.07) is 3.84. The van der Waals surface area contributed by atoms with Gasteiger partial charge in [0, 0.05) is 27.2 Å². The Morgan fingerprint density at radius 2 is 1.90 bits per heavy atom. The number of hydrogen-bond donors (Lipinski definition) is 1. The van der Waals surface area contributed by atoms with Gasteiger partial charge in [-0.05, 0) is 54.1 Å². The fourth-order valence-corrected chi connectivity index (χ4v) is 2.54. The van der Waals surface area contributed by atoms with Gasteiger partial charge >= 0.3 is 6.18 Å². The molecule has 1 aromatic carbocycles. The molecule has 1 atom stereocenters. The van der Waals surface area contributed by atoms with Crippen LogP contribution in [0, 0.1) is 3.57 Å². The molecule has 1 rings (SSSR count). The molecule has 21 heavy (non-hydrogen) atoms. The molecule has 1 aromatic rings. The van der Waals surface area contributed by atoms with Crippen molar-refractivity contribution in [2.24, 2.45) is 0 Å². The lowest BCUT2D eigenvalue weighted by atomic mass is 10.1. The smallest absolute Gasteiger partial charge is 0.351 e. The van der Waals surface area contributed by atoms with Crippen molar-refractivity contribution in [3.05, 3.63) is 32.9 Å². The van der Waals surface area contributed by atoms with Crippen LogP contribution >= 0.6 is 22.6 Å². The van der Waals surface area contributed by atoms with Crippen LogP contribution in [-0.2, 0) is 28.3 Å². The third-order valence-electron chi connectivity index (χ3n) is 3.12. The standard InChI is InChI=1S/C13H15F3INO2S/c1-12(2,21(3)20)11(19)18-7-8-9(13(14,15)16)5-4-6-10(8)17/h4-6H,7H2,1-3H3,(H,18,19). The predicted molar refractivity (Wildman–Crippen MR) is 84.2 cm³/mol. The highest BCUT2D eigenvalue weighted by Crippen LogP contribution is 2.33. The van der Waals surface area contributed by atoms with Gasteiger partial charge in [-0.2, -0.15) is 13.2 Å². The molecule has 0 aliphatic carbocycles. The van der Waals surface area contributed by atoms with Gasteiger partial charge in [0.2, 0.25) is 5.91 Å². The lowest BCUT2D eigenvalue weighted by Crippen LogP contribution is -2.44. The average molecular weight is 433 g/mol. The summed E-state index contributed by atoms with van der Waals surface area (Å²) < 4.78 is 49.6. The van der Waals surface area contributed by atoms with E-state index in [1.54, 1.807) is 28.7 Å². The molecular formula is C13H15F3INO2S. The Labute approximate surface area is 137 Å². The Bertz CT molecular complexity index is 573. The van der Waals surface area contributed by atoms with Crippen molar-refractivity contribution >= 4 is 39.3 Å². The number of rotatable bonds is 4. The number of alkyl halides is 3. The molecule has 0 bridgehead atoms. The van der Waals surface area contributed by atoms with Crippen LogP contribution in [0.25, 0.3) is 0 Å². The molecule has 0 aliphatic rings. The zero-order valence-corrected chi connectivity index (χ0v) is 14.6. The summed E-state index contributed by atoms with van der Waals surface area (Å²) in [7, 11) is -1.43. The first-order chi connectivity index (χ1) is 9.48. The summed E-state index contributed by atoms with van der Waals surface area (Å²) in [6.45, 7) is 2.71. The van der Waals surface area contributed by atoms with Crippen LogP contribution in [0.1, 0.15) is 25.0 Å².